The largest absolute Gasteiger partial charge is 0.360 e. The third-order valence-corrected chi connectivity index (χ3v) is 3.01. The zero-order chi connectivity index (χ0) is 14.5. The fourth-order valence-corrected chi connectivity index (χ4v) is 2.07. The molecule has 0 unspecified atom stereocenters. The molecule has 2 aromatic rings. The first-order valence-corrected chi connectivity index (χ1v) is 6.30. The van der Waals surface area contributed by atoms with Crippen molar-refractivity contribution in [3.05, 3.63) is 61.3 Å². The van der Waals surface area contributed by atoms with E-state index in [1.54, 1.807) is 18.3 Å². The van der Waals surface area contributed by atoms with Crippen LogP contribution in [-0.4, -0.2) is 34.7 Å². The zero-order valence-corrected chi connectivity index (χ0v) is 11.1. The summed E-state index contributed by atoms with van der Waals surface area (Å²) in [6.07, 6.45) is 4.75. The van der Waals surface area contributed by atoms with Crippen molar-refractivity contribution >= 4 is 22.6 Å². The van der Waals surface area contributed by atoms with E-state index in [0.717, 1.165) is 10.9 Å². The van der Waals surface area contributed by atoms with Gasteiger partial charge in [0.05, 0.1) is 5.56 Å². The average molecular weight is 268 g/mol. The first kappa shape index (κ1) is 13.8. The van der Waals surface area contributed by atoms with Crippen LogP contribution in [0.15, 0.2) is 55.8 Å². The van der Waals surface area contributed by atoms with Crippen LogP contribution in [0.3, 0.4) is 0 Å². The molecule has 0 atom stereocenters. The number of amides is 1. The predicted molar refractivity (Wildman–Crippen MR) is 79.6 cm³/mol. The van der Waals surface area contributed by atoms with E-state index < -0.39 is 11.7 Å². The van der Waals surface area contributed by atoms with E-state index >= 15 is 0 Å². The van der Waals surface area contributed by atoms with Crippen molar-refractivity contribution in [2.24, 2.45) is 0 Å². The molecule has 1 aromatic heterocycles. The van der Waals surface area contributed by atoms with Crippen LogP contribution in [0.5, 0.6) is 0 Å². The molecule has 0 aliphatic carbocycles. The lowest BCUT2D eigenvalue weighted by atomic mass is 10.1. The number of nitrogens with one attached hydrogen (secondary N) is 1. The van der Waals surface area contributed by atoms with Crippen LogP contribution in [0.2, 0.25) is 0 Å². The summed E-state index contributed by atoms with van der Waals surface area (Å²) in [7, 11) is 0. The predicted octanol–water partition coefficient (Wildman–Crippen LogP) is 2.55. The molecule has 0 saturated heterocycles. The number of ketones is 1. The van der Waals surface area contributed by atoms with Crippen molar-refractivity contribution in [3.8, 4) is 0 Å². The Kier molecular flexibility index (Phi) is 4.15. The maximum Gasteiger partial charge on any atom is 0.295 e. The number of hydrogen-bond acceptors (Lipinski definition) is 2. The van der Waals surface area contributed by atoms with Crippen LogP contribution in [0.25, 0.3) is 10.9 Å². The van der Waals surface area contributed by atoms with Crippen LogP contribution in [0.1, 0.15) is 10.4 Å². The van der Waals surface area contributed by atoms with E-state index in [2.05, 4.69) is 18.1 Å². The van der Waals surface area contributed by atoms with E-state index in [1.807, 2.05) is 24.3 Å². The number of aromatic nitrogens is 1. The molecule has 2 rings (SSSR count). The summed E-state index contributed by atoms with van der Waals surface area (Å²) in [5, 5.41) is 0.753. The Morgan fingerprint density at radius 2 is 1.80 bits per heavy atom. The lowest BCUT2D eigenvalue weighted by Gasteiger charge is -2.17. The molecule has 4 heteroatoms. The number of hydrogen-bond donors (Lipinski definition) is 1. The summed E-state index contributed by atoms with van der Waals surface area (Å²) in [6, 6.07) is 7.39. The minimum atomic E-state index is -0.547. The Morgan fingerprint density at radius 3 is 2.45 bits per heavy atom. The fourth-order valence-electron chi connectivity index (χ4n) is 2.07. The number of carbonyl (C=O) groups excluding carboxylic acids is 2. The molecular formula is C16H16N2O2. The summed E-state index contributed by atoms with van der Waals surface area (Å²) < 4.78 is 0. The number of H-pyrrole nitrogens is 1. The minimum absolute atomic E-state index is 0.318. The molecule has 20 heavy (non-hydrogen) atoms. The minimum Gasteiger partial charge on any atom is -0.360 e. The van der Waals surface area contributed by atoms with E-state index in [1.165, 1.54) is 4.90 Å². The highest BCUT2D eigenvalue weighted by molar-refractivity contribution is 6.44. The van der Waals surface area contributed by atoms with Gasteiger partial charge >= 0.3 is 0 Å². The van der Waals surface area contributed by atoms with Gasteiger partial charge in [-0.2, -0.15) is 0 Å². The second kappa shape index (κ2) is 6.02. The monoisotopic (exact) mass is 268 g/mol. The summed E-state index contributed by atoms with van der Waals surface area (Å²) in [4.78, 5) is 29.0. The molecule has 1 heterocycles. The topological polar surface area (TPSA) is 53.2 Å². The number of fused-ring (bicyclic) bond motifs is 1. The van der Waals surface area contributed by atoms with Gasteiger partial charge in [-0.05, 0) is 6.07 Å². The van der Waals surface area contributed by atoms with Gasteiger partial charge in [0.25, 0.3) is 11.7 Å². The molecule has 0 bridgehead atoms. The lowest BCUT2D eigenvalue weighted by Crippen LogP contribution is -2.36. The Morgan fingerprint density at radius 1 is 1.15 bits per heavy atom. The Bertz CT molecular complexity index is 660. The van der Waals surface area contributed by atoms with Crippen molar-refractivity contribution in [2.75, 3.05) is 13.1 Å². The average Bonchev–Trinajstić information content (AvgIpc) is 2.89. The Labute approximate surface area is 117 Å². The highest BCUT2D eigenvalue weighted by Gasteiger charge is 2.23. The molecule has 1 aromatic carbocycles. The van der Waals surface area contributed by atoms with Crippen LogP contribution in [0, 0.1) is 0 Å². The summed E-state index contributed by atoms with van der Waals surface area (Å²) in [5.74, 6) is -1.07. The maximum atomic E-state index is 12.3. The highest BCUT2D eigenvalue weighted by Crippen LogP contribution is 2.18. The Balaban J connectivity index is 2.32. The van der Waals surface area contributed by atoms with Gasteiger partial charge in [0, 0.05) is 30.2 Å². The third-order valence-electron chi connectivity index (χ3n) is 3.01. The van der Waals surface area contributed by atoms with Crippen molar-refractivity contribution in [3.63, 3.8) is 0 Å². The zero-order valence-electron chi connectivity index (χ0n) is 11.1. The molecule has 0 spiro atoms. The number of aromatic amines is 1. The number of rotatable bonds is 6. The Hall–Kier alpha value is -2.62. The standard InChI is InChI=1S/C16H16N2O2/c1-3-9-18(10-4-2)16(20)15(19)13-11-17-14-8-6-5-7-12(13)14/h3-8,11,17H,1-2,9-10H2. The molecule has 102 valence electrons. The highest BCUT2D eigenvalue weighted by atomic mass is 16.2. The van der Waals surface area contributed by atoms with Gasteiger partial charge in [0.2, 0.25) is 0 Å². The molecule has 1 N–H and O–H groups in total. The molecule has 4 nitrogen and oxygen atoms in total. The third kappa shape index (κ3) is 2.54. The normalized spacial score (nSPS) is 10.2. The molecule has 1 amide bonds. The first-order valence-electron chi connectivity index (χ1n) is 6.30. The summed E-state index contributed by atoms with van der Waals surface area (Å²) in [6.45, 7) is 7.82. The second-order valence-electron chi connectivity index (χ2n) is 4.36. The molecule has 0 aliphatic heterocycles. The number of Topliss-reactive ketones (excluding diaryl/α,β-unsaturated/α-hetero) is 1. The van der Waals surface area contributed by atoms with Crippen LogP contribution in [0.4, 0.5) is 0 Å². The van der Waals surface area contributed by atoms with Crippen LogP contribution < -0.4 is 0 Å². The lowest BCUT2D eigenvalue weighted by molar-refractivity contribution is -0.125. The number of carbonyl (C=O) groups is 2. The van der Waals surface area contributed by atoms with E-state index in [9.17, 15) is 9.59 Å². The SMILES string of the molecule is C=CCN(CC=C)C(=O)C(=O)c1c[nH]c2ccccc12. The maximum absolute atomic E-state index is 12.3. The van der Waals surface area contributed by atoms with E-state index in [4.69, 9.17) is 0 Å². The van der Waals surface area contributed by atoms with Crippen molar-refractivity contribution in [2.45, 2.75) is 0 Å². The summed E-state index contributed by atoms with van der Waals surface area (Å²) >= 11 is 0. The van der Waals surface area contributed by atoms with Gasteiger partial charge in [-0.25, -0.2) is 0 Å². The van der Waals surface area contributed by atoms with Gasteiger partial charge in [-0.1, -0.05) is 30.4 Å². The number of benzene rings is 1. The molecule has 0 radical (unpaired) electrons. The van der Waals surface area contributed by atoms with E-state index in [-0.39, 0.29) is 0 Å². The van der Waals surface area contributed by atoms with Gasteiger partial charge in [0.15, 0.2) is 0 Å². The van der Waals surface area contributed by atoms with Gasteiger partial charge in [0.1, 0.15) is 0 Å². The quantitative estimate of drug-likeness (QED) is 0.497. The van der Waals surface area contributed by atoms with Crippen LogP contribution in [-0.2, 0) is 4.79 Å². The fraction of sp³-hybridized carbons (Fsp3) is 0.125. The smallest absolute Gasteiger partial charge is 0.295 e. The number of para-hydroxylation sites is 1. The number of nitrogens with zero attached hydrogens (tertiary/aromatic N) is 1. The van der Waals surface area contributed by atoms with Gasteiger partial charge in [-0.15, -0.1) is 13.2 Å². The van der Waals surface area contributed by atoms with Crippen molar-refractivity contribution < 1.29 is 9.59 Å². The molecular weight excluding hydrogens is 252 g/mol. The molecule has 0 saturated carbocycles. The van der Waals surface area contributed by atoms with Crippen LogP contribution >= 0.6 is 0 Å². The van der Waals surface area contributed by atoms with Gasteiger partial charge in [-0.3, -0.25) is 9.59 Å². The summed E-state index contributed by atoms with van der Waals surface area (Å²) in [5.41, 5.74) is 1.23. The van der Waals surface area contributed by atoms with Crippen molar-refractivity contribution in [1.82, 2.24) is 9.88 Å². The molecule has 0 fully saturated rings. The molecule has 0 aliphatic rings. The van der Waals surface area contributed by atoms with Gasteiger partial charge < -0.3 is 9.88 Å². The van der Waals surface area contributed by atoms with E-state index in [0.29, 0.717) is 18.7 Å². The second-order valence-corrected chi connectivity index (χ2v) is 4.36. The first-order chi connectivity index (χ1) is 9.69. The van der Waals surface area contributed by atoms with Crippen molar-refractivity contribution in [1.29, 1.82) is 0 Å².